The number of amides is 2. The van der Waals surface area contributed by atoms with Gasteiger partial charge in [-0.25, -0.2) is 0 Å². The number of hydrogen-bond donors (Lipinski definition) is 1. The molecule has 5 nitrogen and oxygen atoms in total. The van der Waals surface area contributed by atoms with Gasteiger partial charge in [-0.3, -0.25) is 9.59 Å². The Kier molecular flexibility index (Phi) is 9.76. The molecule has 2 aromatic carbocycles. The second-order valence-corrected chi connectivity index (χ2v) is 8.79. The first-order valence-electron chi connectivity index (χ1n) is 9.74. The van der Waals surface area contributed by atoms with Crippen LogP contribution in [0.2, 0.25) is 20.1 Å². The third-order valence-electron chi connectivity index (χ3n) is 4.75. The maximum Gasteiger partial charge on any atom is 0.261 e. The fourth-order valence-electron chi connectivity index (χ4n) is 2.70. The number of benzene rings is 2. The second-order valence-electron chi connectivity index (χ2n) is 7.13. The van der Waals surface area contributed by atoms with E-state index in [0.29, 0.717) is 25.8 Å². The Bertz CT molecular complexity index is 939. The quantitative estimate of drug-likeness (QED) is 0.453. The van der Waals surface area contributed by atoms with Gasteiger partial charge >= 0.3 is 0 Å². The molecule has 0 saturated heterocycles. The van der Waals surface area contributed by atoms with E-state index in [-0.39, 0.29) is 31.0 Å². The van der Waals surface area contributed by atoms with E-state index in [1.807, 2.05) is 13.8 Å². The molecule has 1 N–H and O–H groups in total. The van der Waals surface area contributed by atoms with Gasteiger partial charge in [0.25, 0.3) is 5.91 Å². The number of nitrogens with one attached hydrogen (secondary N) is 1. The first-order chi connectivity index (χ1) is 14.6. The van der Waals surface area contributed by atoms with Crippen molar-refractivity contribution in [3.8, 4) is 5.75 Å². The van der Waals surface area contributed by atoms with Crippen molar-refractivity contribution in [1.29, 1.82) is 0 Å². The number of rotatable bonds is 9. The minimum atomic E-state index is -0.736. The molecule has 2 aromatic rings. The summed E-state index contributed by atoms with van der Waals surface area (Å²) in [6.07, 6.45) is 0.775. The van der Waals surface area contributed by atoms with E-state index in [1.165, 1.54) is 11.0 Å². The van der Waals surface area contributed by atoms with Crippen molar-refractivity contribution in [3.63, 3.8) is 0 Å². The van der Waals surface area contributed by atoms with Crippen molar-refractivity contribution in [1.82, 2.24) is 10.2 Å². The Labute approximate surface area is 202 Å². The highest BCUT2D eigenvalue weighted by molar-refractivity contribution is 6.42. The minimum Gasteiger partial charge on any atom is -0.482 e. The van der Waals surface area contributed by atoms with Gasteiger partial charge in [-0.2, -0.15) is 0 Å². The Morgan fingerprint density at radius 1 is 1.00 bits per heavy atom. The lowest BCUT2D eigenvalue weighted by Gasteiger charge is -2.29. The zero-order valence-electron chi connectivity index (χ0n) is 17.4. The molecule has 0 radical (unpaired) electrons. The van der Waals surface area contributed by atoms with Crippen molar-refractivity contribution < 1.29 is 14.3 Å². The van der Waals surface area contributed by atoms with Crippen LogP contribution in [0.3, 0.4) is 0 Å². The largest absolute Gasteiger partial charge is 0.482 e. The van der Waals surface area contributed by atoms with Gasteiger partial charge in [0.15, 0.2) is 6.61 Å². The molecule has 0 aromatic heterocycles. The molecule has 0 bridgehead atoms. The van der Waals surface area contributed by atoms with Crippen LogP contribution in [0.1, 0.15) is 32.8 Å². The van der Waals surface area contributed by atoms with Gasteiger partial charge in [-0.15, -0.1) is 0 Å². The number of carbonyl (C=O) groups excluding carboxylic acids is 2. The van der Waals surface area contributed by atoms with Crippen LogP contribution in [0.25, 0.3) is 0 Å². The molecule has 31 heavy (non-hydrogen) atoms. The summed E-state index contributed by atoms with van der Waals surface area (Å²) >= 11 is 24.1. The molecule has 0 heterocycles. The first kappa shape index (κ1) is 25.6. The highest BCUT2D eigenvalue weighted by atomic mass is 35.5. The Balaban J connectivity index is 2.20. The van der Waals surface area contributed by atoms with Gasteiger partial charge in [0, 0.05) is 17.6 Å². The van der Waals surface area contributed by atoms with Gasteiger partial charge in [-0.05, 0) is 56.2 Å². The summed E-state index contributed by atoms with van der Waals surface area (Å²) in [5.41, 5.74) is 0.732. The number of ether oxygens (including phenoxy) is 1. The zero-order chi connectivity index (χ0) is 23.1. The second kappa shape index (κ2) is 11.8. The van der Waals surface area contributed by atoms with Crippen molar-refractivity contribution >= 4 is 58.2 Å². The van der Waals surface area contributed by atoms with Crippen molar-refractivity contribution in [3.05, 3.63) is 62.1 Å². The predicted molar refractivity (Wildman–Crippen MR) is 126 cm³/mol. The number of hydrogen-bond acceptors (Lipinski definition) is 3. The van der Waals surface area contributed by atoms with E-state index in [0.717, 1.165) is 12.0 Å². The van der Waals surface area contributed by atoms with Crippen molar-refractivity contribution in [2.45, 2.75) is 45.8 Å². The third-order valence-corrected chi connectivity index (χ3v) is 6.02. The van der Waals surface area contributed by atoms with E-state index in [1.54, 1.807) is 37.3 Å². The molecule has 168 valence electrons. The SMILES string of the molecule is CC[C@@H](C)NC(=O)[C@H](C)N(Cc1ccc(Cl)c(Cl)c1)C(=O)COc1ccc(Cl)cc1Cl. The van der Waals surface area contributed by atoms with Crippen molar-refractivity contribution in [2.24, 2.45) is 0 Å². The average Bonchev–Trinajstić information content (AvgIpc) is 2.72. The van der Waals surface area contributed by atoms with Crippen LogP contribution in [0.15, 0.2) is 36.4 Å². The molecule has 0 aliphatic rings. The normalized spacial score (nSPS) is 12.7. The number of halogens is 4. The third kappa shape index (κ3) is 7.46. The molecular weight excluding hydrogens is 482 g/mol. The lowest BCUT2D eigenvalue weighted by Crippen LogP contribution is -2.50. The summed E-state index contributed by atoms with van der Waals surface area (Å²) in [5, 5.41) is 4.43. The summed E-state index contributed by atoms with van der Waals surface area (Å²) in [7, 11) is 0. The molecule has 0 spiro atoms. The molecule has 2 atom stereocenters. The van der Waals surface area contributed by atoms with E-state index < -0.39 is 6.04 Å². The average molecular weight is 506 g/mol. The van der Waals surface area contributed by atoms with Crippen LogP contribution in [0, 0.1) is 0 Å². The Morgan fingerprint density at radius 2 is 1.71 bits per heavy atom. The first-order valence-corrected chi connectivity index (χ1v) is 11.2. The Morgan fingerprint density at radius 3 is 2.32 bits per heavy atom. The summed E-state index contributed by atoms with van der Waals surface area (Å²) in [4.78, 5) is 27.2. The van der Waals surface area contributed by atoms with Crippen LogP contribution in [-0.4, -0.2) is 35.4 Å². The fraction of sp³-hybridized carbons (Fsp3) is 0.364. The summed E-state index contributed by atoms with van der Waals surface area (Å²) < 4.78 is 5.59. The maximum absolute atomic E-state index is 13.0. The van der Waals surface area contributed by atoms with Crippen LogP contribution < -0.4 is 10.1 Å². The maximum atomic E-state index is 13.0. The van der Waals surface area contributed by atoms with Crippen molar-refractivity contribution in [2.75, 3.05) is 6.61 Å². The minimum absolute atomic E-state index is 0.0130. The zero-order valence-corrected chi connectivity index (χ0v) is 20.4. The fourth-order valence-corrected chi connectivity index (χ4v) is 3.48. The van der Waals surface area contributed by atoms with Crippen LogP contribution >= 0.6 is 46.4 Å². The molecule has 0 saturated carbocycles. The van der Waals surface area contributed by atoms with Gasteiger partial charge in [0.05, 0.1) is 15.1 Å². The highest BCUT2D eigenvalue weighted by Gasteiger charge is 2.27. The molecular formula is C22H24Cl4N2O3. The topological polar surface area (TPSA) is 58.6 Å². The van der Waals surface area contributed by atoms with Crippen LogP contribution in [-0.2, 0) is 16.1 Å². The highest BCUT2D eigenvalue weighted by Crippen LogP contribution is 2.28. The lowest BCUT2D eigenvalue weighted by atomic mass is 10.1. The number of carbonyl (C=O) groups is 2. The Hall–Kier alpha value is -1.66. The molecule has 9 heteroatoms. The van der Waals surface area contributed by atoms with E-state index in [9.17, 15) is 9.59 Å². The monoisotopic (exact) mass is 504 g/mol. The summed E-state index contributed by atoms with van der Waals surface area (Å²) in [5.74, 6) is -0.318. The van der Waals surface area contributed by atoms with E-state index in [2.05, 4.69) is 5.32 Å². The van der Waals surface area contributed by atoms with Crippen LogP contribution in [0.4, 0.5) is 0 Å². The summed E-state index contributed by atoms with van der Waals surface area (Å²) in [6, 6.07) is 9.05. The van der Waals surface area contributed by atoms with Crippen LogP contribution in [0.5, 0.6) is 5.75 Å². The molecule has 2 rings (SSSR count). The molecule has 0 fully saturated rings. The summed E-state index contributed by atoms with van der Waals surface area (Å²) in [6.45, 7) is 5.40. The molecule has 2 amide bonds. The predicted octanol–water partition coefficient (Wildman–Crippen LogP) is 6.01. The molecule has 0 unspecified atom stereocenters. The molecule has 0 aliphatic heterocycles. The van der Waals surface area contributed by atoms with E-state index in [4.69, 9.17) is 51.1 Å². The van der Waals surface area contributed by atoms with Gasteiger partial charge in [0.2, 0.25) is 5.91 Å². The van der Waals surface area contributed by atoms with Gasteiger partial charge < -0.3 is 15.0 Å². The van der Waals surface area contributed by atoms with Gasteiger partial charge in [0.1, 0.15) is 11.8 Å². The molecule has 0 aliphatic carbocycles. The standard InChI is InChI=1S/C22H24Cl4N2O3/c1-4-13(2)27-22(30)14(3)28(11-15-5-7-17(24)18(25)9-15)21(29)12-31-20-8-6-16(23)10-19(20)26/h5-10,13-14H,4,11-12H2,1-3H3,(H,27,30)/t13-,14+/m1/s1. The lowest BCUT2D eigenvalue weighted by molar-refractivity contribution is -0.142. The van der Waals surface area contributed by atoms with E-state index >= 15 is 0 Å². The number of nitrogens with zero attached hydrogens (tertiary/aromatic N) is 1. The van der Waals surface area contributed by atoms with Gasteiger partial charge in [-0.1, -0.05) is 59.4 Å². The smallest absolute Gasteiger partial charge is 0.261 e.